The van der Waals surface area contributed by atoms with Crippen molar-refractivity contribution in [3.05, 3.63) is 24.3 Å². The van der Waals surface area contributed by atoms with Crippen LogP contribution < -0.4 is 0 Å². The molecule has 0 aromatic carbocycles. The van der Waals surface area contributed by atoms with Crippen LogP contribution in [0.5, 0.6) is 0 Å². The number of carbonyl (C=O) groups excluding carboxylic acids is 2. The van der Waals surface area contributed by atoms with Gasteiger partial charge in [-0.15, -0.1) is 0 Å². The molecule has 0 spiro atoms. The summed E-state index contributed by atoms with van der Waals surface area (Å²) in [6.45, 7) is 3.23. The first-order valence-corrected chi connectivity index (χ1v) is 8.36. The standard InChI is InChI=1S/C18H26O5/c1-12-6-4-3-5-7-14-10-15(20)11-16(14)17(23-13(2)19)8-9-18(21)22-12/h5,7-9,12,14-17,20H,3-4,6,10-11H2,1-2H3/b7-5-,9-8+/t12-,14+,15-,16+,17+/m0/s1. The zero-order valence-corrected chi connectivity index (χ0v) is 13.8. The van der Waals surface area contributed by atoms with E-state index in [0.717, 1.165) is 19.3 Å². The van der Waals surface area contributed by atoms with Crippen LogP contribution in [0.4, 0.5) is 0 Å². The van der Waals surface area contributed by atoms with Crippen molar-refractivity contribution in [1.29, 1.82) is 0 Å². The molecule has 5 atom stereocenters. The Morgan fingerprint density at radius 3 is 2.87 bits per heavy atom. The summed E-state index contributed by atoms with van der Waals surface area (Å²) in [5, 5.41) is 9.99. The summed E-state index contributed by atoms with van der Waals surface area (Å²) in [7, 11) is 0. The van der Waals surface area contributed by atoms with E-state index in [1.165, 1.54) is 13.0 Å². The van der Waals surface area contributed by atoms with Crippen LogP contribution in [0.15, 0.2) is 24.3 Å². The lowest BCUT2D eigenvalue weighted by Gasteiger charge is -2.24. The topological polar surface area (TPSA) is 72.8 Å². The van der Waals surface area contributed by atoms with Gasteiger partial charge in [0, 0.05) is 18.9 Å². The minimum absolute atomic E-state index is 0.0209. The molecule has 0 aromatic heterocycles. The van der Waals surface area contributed by atoms with Gasteiger partial charge in [0.25, 0.3) is 0 Å². The van der Waals surface area contributed by atoms with Gasteiger partial charge in [-0.2, -0.15) is 0 Å². The van der Waals surface area contributed by atoms with Gasteiger partial charge < -0.3 is 14.6 Å². The molecule has 2 rings (SSSR count). The molecule has 1 N–H and O–H groups in total. The molecule has 0 aromatic rings. The summed E-state index contributed by atoms with van der Waals surface area (Å²) < 4.78 is 10.7. The molecule has 0 amide bonds. The highest BCUT2D eigenvalue weighted by molar-refractivity contribution is 5.82. The number of allylic oxidation sites excluding steroid dienone is 2. The van der Waals surface area contributed by atoms with E-state index in [9.17, 15) is 14.7 Å². The van der Waals surface area contributed by atoms with Crippen LogP contribution in [-0.2, 0) is 19.1 Å². The van der Waals surface area contributed by atoms with Gasteiger partial charge in [0.2, 0.25) is 0 Å². The van der Waals surface area contributed by atoms with E-state index >= 15 is 0 Å². The summed E-state index contributed by atoms with van der Waals surface area (Å²) in [6.07, 6.45) is 10.0. The first-order chi connectivity index (χ1) is 11.0. The zero-order valence-electron chi connectivity index (χ0n) is 13.8. The zero-order chi connectivity index (χ0) is 16.8. The Bertz CT molecular complexity index is 482. The maximum Gasteiger partial charge on any atom is 0.330 e. The van der Waals surface area contributed by atoms with Gasteiger partial charge in [-0.3, -0.25) is 4.79 Å². The molecule has 5 nitrogen and oxygen atoms in total. The molecule has 0 unspecified atom stereocenters. The summed E-state index contributed by atoms with van der Waals surface area (Å²) >= 11 is 0. The van der Waals surface area contributed by atoms with Gasteiger partial charge in [0.1, 0.15) is 6.10 Å². The smallest absolute Gasteiger partial charge is 0.330 e. The lowest BCUT2D eigenvalue weighted by atomic mass is 9.89. The number of ether oxygens (including phenoxy) is 2. The van der Waals surface area contributed by atoms with Gasteiger partial charge in [-0.1, -0.05) is 12.2 Å². The quantitative estimate of drug-likeness (QED) is 0.593. The molecule has 1 fully saturated rings. The molecule has 1 aliphatic carbocycles. The van der Waals surface area contributed by atoms with E-state index < -0.39 is 24.1 Å². The molecule has 1 saturated carbocycles. The SMILES string of the molecule is CC(=O)O[C@@H]1/C=C/C(=O)O[C@@H](C)CCC/C=C\[C@@H]2C[C@H](O)C[C@H]21. The van der Waals surface area contributed by atoms with Gasteiger partial charge in [0.15, 0.2) is 0 Å². The van der Waals surface area contributed by atoms with E-state index in [1.807, 2.05) is 6.92 Å². The van der Waals surface area contributed by atoms with Gasteiger partial charge >= 0.3 is 11.9 Å². The highest BCUT2D eigenvalue weighted by atomic mass is 16.5. The maximum absolute atomic E-state index is 11.9. The Labute approximate surface area is 137 Å². The second-order valence-corrected chi connectivity index (χ2v) is 6.49. The predicted molar refractivity (Wildman–Crippen MR) is 85.5 cm³/mol. The number of esters is 2. The molecule has 0 saturated heterocycles. The highest BCUT2D eigenvalue weighted by Crippen LogP contribution is 2.37. The second kappa shape index (κ2) is 8.29. The second-order valence-electron chi connectivity index (χ2n) is 6.49. The molecule has 128 valence electrons. The molecule has 0 bridgehead atoms. The normalized spacial score (nSPS) is 38.2. The number of cyclic esters (lactones) is 1. The van der Waals surface area contributed by atoms with E-state index in [-0.39, 0.29) is 17.9 Å². The fourth-order valence-corrected chi connectivity index (χ4v) is 3.40. The highest BCUT2D eigenvalue weighted by Gasteiger charge is 2.37. The number of hydrogen-bond donors (Lipinski definition) is 1. The number of rotatable bonds is 1. The minimum atomic E-state index is -0.525. The average molecular weight is 322 g/mol. The van der Waals surface area contributed by atoms with Crippen molar-refractivity contribution < 1.29 is 24.2 Å². The van der Waals surface area contributed by atoms with Crippen molar-refractivity contribution in [2.45, 2.75) is 64.3 Å². The predicted octanol–water partition coefficient (Wildman–Crippen LogP) is 2.53. The van der Waals surface area contributed by atoms with E-state index in [1.54, 1.807) is 6.08 Å². The van der Waals surface area contributed by atoms with Crippen LogP contribution in [0, 0.1) is 11.8 Å². The summed E-state index contributed by atoms with van der Waals surface area (Å²) in [5.41, 5.74) is 0. The Morgan fingerprint density at radius 1 is 1.35 bits per heavy atom. The molecular weight excluding hydrogens is 296 g/mol. The van der Waals surface area contributed by atoms with Crippen LogP contribution in [-0.4, -0.2) is 35.4 Å². The fraction of sp³-hybridized carbons (Fsp3) is 0.667. The largest absolute Gasteiger partial charge is 0.460 e. The van der Waals surface area contributed by atoms with Crippen LogP contribution in [0.2, 0.25) is 0 Å². The third-order valence-corrected chi connectivity index (χ3v) is 4.47. The Kier molecular flexibility index (Phi) is 6.39. The van der Waals surface area contributed by atoms with Gasteiger partial charge in [-0.25, -0.2) is 4.79 Å². The third kappa shape index (κ3) is 5.50. The summed E-state index contributed by atoms with van der Waals surface area (Å²) in [6, 6.07) is 0. The minimum Gasteiger partial charge on any atom is -0.460 e. The number of fused-ring (bicyclic) bond motifs is 1. The monoisotopic (exact) mass is 322 g/mol. The van der Waals surface area contributed by atoms with Crippen molar-refractivity contribution >= 4 is 11.9 Å². The summed E-state index contributed by atoms with van der Waals surface area (Å²) in [5.74, 6) is -0.688. The first kappa shape index (κ1) is 17.7. The van der Waals surface area contributed by atoms with Crippen molar-refractivity contribution in [1.82, 2.24) is 0 Å². The van der Waals surface area contributed by atoms with Crippen LogP contribution in [0.1, 0.15) is 46.0 Å². The van der Waals surface area contributed by atoms with E-state index in [2.05, 4.69) is 12.2 Å². The van der Waals surface area contributed by atoms with Crippen molar-refractivity contribution in [2.75, 3.05) is 0 Å². The molecule has 1 heterocycles. The molecule has 23 heavy (non-hydrogen) atoms. The number of carbonyl (C=O) groups is 2. The van der Waals surface area contributed by atoms with E-state index in [4.69, 9.17) is 9.47 Å². The van der Waals surface area contributed by atoms with Crippen molar-refractivity contribution in [3.8, 4) is 0 Å². The van der Waals surface area contributed by atoms with Gasteiger partial charge in [-0.05, 0) is 51.0 Å². The van der Waals surface area contributed by atoms with E-state index in [0.29, 0.717) is 12.8 Å². The van der Waals surface area contributed by atoms with Crippen LogP contribution in [0.25, 0.3) is 0 Å². The fourth-order valence-electron chi connectivity index (χ4n) is 3.40. The van der Waals surface area contributed by atoms with Crippen LogP contribution >= 0.6 is 0 Å². The number of aliphatic hydroxyl groups is 1. The molecule has 1 aliphatic heterocycles. The first-order valence-electron chi connectivity index (χ1n) is 8.36. The van der Waals surface area contributed by atoms with Crippen molar-refractivity contribution in [2.24, 2.45) is 11.8 Å². The molecule has 2 aliphatic rings. The Morgan fingerprint density at radius 2 is 2.13 bits per heavy atom. The molecule has 5 heteroatoms. The third-order valence-electron chi connectivity index (χ3n) is 4.47. The lowest BCUT2D eigenvalue weighted by molar-refractivity contribution is -0.147. The van der Waals surface area contributed by atoms with Crippen LogP contribution in [0.3, 0.4) is 0 Å². The Balaban J connectivity index is 2.22. The maximum atomic E-state index is 11.9. The summed E-state index contributed by atoms with van der Waals surface area (Å²) in [4.78, 5) is 23.3. The number of aliphatic hydroxyl groups excluding tert-OH is 1. The van der Waals surface area contributed by atoms with Gasteiger partial charge in [0.05, 0.1) is 12.2 Å². The average Bonchev–Trinajstić information content (AvgIpc) is 2.83. The molecule has 0 radical (unpaired) electrons. The Hall–Kier alpha value is -1.62. The number of hydrogen-bond acceptors (Lipinski definition) is 5. The van der Waals surface area contributed by atoms with Crippen molar-refractivity contribution in [3.63, 3.8) is 0 Å². The lowest BCUT2D eigenvalue weighted by Crippen LogP contribution is -2.27. The molecular formula is C18H26O5.